The van der Waals surface area contributed by atoms with Crippen molar-refractivity contribution in [2.75, 3.05) is 23.8 Å². The molecule has 26 heavy (non-hydrogen) atoms. The van der Waals surface area contributed by atoms with Gasteiger partial charge in [0, 0.05) is 18.0 Å². The summed E-state index contributed by atoms with van der Waals surface area (Å²) in [4.78, 5) is 16.2. The maximum atomic E-state index is 13.0. The largest absolute Gasteiger partial charge is 0.397 e. The van der Waals surface area contributed by atoms with Crippen molar-refractivity contribution in [2.24, 2.45) is 0 Å². The van der Waals surface area contributed by atoms with Crippen molar-refractivity contribution < 1.29 is 4.79 Å². The molecule has 4 aromatic rings. The molecule has 6 N–H and O–H groups in total. The number of benzene rings is 2. The number of hydrogen-bond donors (Lipinski definition) is 4. The second-order valence-electron chi connectivity index (χ2n) is 5.98. The zero-order chi connectivity index (χ0) is 18.3. The molecule has 0 saturated heterocycles. The van der Waals surface area contributed by atoms with Gasteiger partial charge >= 0.3 is 0 Å². The maximum Gasteiger partial charge on any atom is 0.214 e. The average molecular weight is 346 g/mol. The Labute approximate surface area is 149 Å². The molecule has 0 atom stereocenters. The Morgan fingerprint density at radius 3 is 2.65 bits per heavy atom. The van der Waals surface area contributed by atoms with Crippen LogP contribution in [0.1, 0.15) is 16.1 Å². The lowest BCUT2D eigenvalue weighted by molar-refractivity contribution is 0.103. The summed E-state index contributed by atoms with van der Waals surface area (Å²) in [5.74, 6) is 0.443. The Bertz CT molecular complexity index is 1090. The Balaban J connectivity index is 1.78. The molecule has 0 unspecified atom stereocenters. The zero-order valence-electron chi connectivity index (χ0n) is 14.2. The van der Waals surface area contributed by atoms with Crippen LogP contribution in [-0.4, -0.2) is 27.6 Å². The van der Waals surface area contributed by atoms with Gasteiger partial charge in [0.25, 0.3) is 0 Å². The minimum atomic E-state index is -0.139. The summed E-state index contributed by atoms with van der Waals surface area (Å²) in [5.41, 5.74) is 15.2. The van der Waals surface area contributed by atoms with E-state index in [0.717, 1.165) is 16.6 Å². The smallest absolute Gasteiger partial charge is 0.214 e. The van der Waals surface area contributed by atoms with E-state index in [0.29, 0.717) is 28.5 Å². The highest BCUT2D eigenvalue weighted by molar-refractivity contribution is 6.12. The second kappa shape index (κ2) is 5.96. The number of H-pyrrole nitrogens is 1. The molecule has 7 heteroatoms. The number of nitrogen functional groups attached to an aromatic ring is 2. The number of nitrogens with two attached hydrogens (primary N) is 2. The molecule has 0 fully saturated rings. The first-order valence-electron chi connectivity index (χ1n) is 8.12. The number of ketones is 1. The van der Waals surface area contributed by atoms with Gasteiger partial charge in [-0.25, -0.2) is 4.68 Å². The van der Waals surface area contributed by atoms with Crippen molar-refractivity contribution in [2.45, 2.75) is 0 Å². The van der Waals surface area contributed by atoms with E-state index < -0.39 is 0 Å². The number of carbonyl (C=O) groups is 1. The van der Waals surface area contributed by atoms with Crippen LogP contribution in [0.5, 0.6) is 0 Å². The third-order valence-corrected chi connectivity index (χ3v) is 4.34. The van der Waals surface area contributed by atoms with Crippen molar-refractivity contribution in [3.05, 3.63) is 66.0 Å². The van der Waals surface area contributed by atoms with Gasteiger partial charge < -0.3 is 21.8 Å². The topological polar surface area (TPSA) is 115 Å². The van der Waals surface area contributed by atoms with Crippen LogP contribution >= 0.6 is 0 Å². The van der Waals surface area contributed by atoms with Gasteiger partial charge in [-0.3, -0.25) is 4.79 Å². The predicted octanol–water partition coefficient (Wildman–Crippen LogP) is 2.79. The fraction of sp³-hybridized carbons (Fsp3) is 0.0526. The Kier molecular flexibility index (Phi) is 3.62. The van der Waals surface area contributed by atoms with Crippen LogP contribution in [-0.2, 0) is 0 Å². The zero-order valence-corrected chi connectivity index (χ0v) is 14.2. The fourth-order valence-corrected chi connectivity index (χ4v) is 2.99. The molecular formula is C19H18N6O. The molecule has 0 saturated carbocycles. The molecule has 0 spiro atoms. The fourth-order valence-electron chi connectivity index (χ4n) is 2.99. The number of aromatic nitrogens is 3. The van der Waals surface area contributed by atoms with Crippen LogP contribution in [0.25, 0.3) is 16.6 Å². The first-order chi connectivity index (χ1) is 12.6. The standard InChI is InChI=1S/C19H18N6O/c1-22-19-13(10-23-25(19)12-6-7-14(20)15(21)9-12)18(26)17-8-11-4-2-3-5-16(11)24-17/h2-10,22,24H,20-21H2,1H3. The molecule has 4 rings (SSSR count). The van der Waals surface area contributed by atoms with Crippen LogP contribution in [0.4, 0.5) is 17.2 Å². The molecule has 2 aromatic heterocycles. The molecule has 130 valence electrons. The molecule has 7 nitrogen and oxygen atoms in total. The lowest BCUT2D eigenvalue weighted by atomic mass is 10.1. The number of nitrogens with one attached hydrogen (secondary N) is 2. The van der Waals surface area contributed by atoms with Crippen molar-refractivity contribution >= 4 is 33.9 Å². The highest BCUT2D eigenvalue weighted by atomic mass is 16.1. The van der Waals surface area contributed by atoms with Crippen molar-refractivity contribution in [3.8, 4) is 5.69 Å². The highest BCUT2D eigenvalue weighted by Gasteiger charge is 2.20. The maximum absolute atomic E-state index is 13.0. The first kappa shape index (κ1) is 15.8. The van der Waals surface area contributed by atoms with E-state index in [1.807, 2.05) is 30.3 Å². The molecule has 0 amide bonds. The number of hydrogen-bond acceptors (Lipinski definition) is 5. The van der Waals surface area contributed by atoms with Crippen LogP contribution in [0.2, 0.25) is 0 Å². The van der Waals surface area contributed by atoms with Gasteiger partial charge in [0.05, 0.1) is 34.5 Å². The molecule has 0 aliphatic heterocycles. The number of carbonyl (C=O) groups excluding carboxylic acids is 1. The third kappa shape index (κ3) is 2.46. The van der Waals surface area contributed by atoms with Gasteiger partial charge in [-0.05, 0) is 30.3 Å². The molecule has 0 aliphatic rings. The van der Waals surface area contributed by atoms with Crippen LogP contribution < -0.4 is 16.8 Å². The lowest BCUT2D eigenvalue weighted by Gasteiger charge is -2.10. The van der Waals surface area contributed by atoms with E-state index in [-0.39, 0.29) is 5.78 Å². The van der Waals surface area contributed by atoms with Gasteiger partial charge in [0.1, 0.15) is 5.82 Å². The lowest BCUT2D eigenvalue weighted by Crippen LogP contribution is -2.08. The number of rotatable bonds is 4. The Morgan fingerprint density at radius 1 is 1.12 bits per heavy atom. The summed E-state index contributed by atoms with van der Waals surface area (Å²) in [6.45, 7) is 0. The van der Waals surface area contributed by atoms with Crippen molar-refractivity contribution in [1.82, 2.24) is 14.8 Å². The number of para-hydroxylation sites is 1. The van der Waals surface area contributed by atoms with Crippen molar-refractivity contribution in [3.63, 3.8) is 0 Å². The summed E-state index contributed by atoms with van der Waals surface area (Å²) in [6, 6.07) is 14.8. The quantitative estimate of drug-likeness (QED) is 0.335. The summed E-state index contributed by atoms with van der Waals surface area (Å²) in [7, 11) is 1.75. The Hall–Kier alpha value is -3.74. The van der Waals surface area contributed by atoms with Crippen molar-refractivity contribution in [1.29, 1.82) is 0 Å². The first-order valence-corrected chi connectivity index (χ1v) is 8.12. The molecule has 0 radical (unpaired) electrons. The molecule has 0 bridgehead atoms. The minimum Gasteiger partial charge on any atom is -0.397 e. The van der Waals surface area contributed by atoms with Gasteiger partial charge in [0.2, 0.25) is 5.78 Å². The SMILES string of the molecule is CNc1c(C(=O)c2cc3ccccc3[nH]2)cnn1-c1ccc(N)c(N)c1. The van der Waals surface area contributed by atoms with E-state index in [4.69, 9.17) is 11.5 Å². The van der Waals surface area contributed by atoms with Gasteiger partial charge in [-0.15, -0.1) is 0 Å². The van der Waals surface area contributed by atoms with Gasteiger partial charge in [0.15, 0.2) is 0 Å². The summed E-state index contributed by atoms with van der Waals surface area (Å²) >= 11 is 0. The van der Waals surface area contributed by atoms with Gasteiger partial charge in [-0.1, -0.05) is 18.2 Å². The number of anilines is 3. The van der Waals surface area contributed by atoms with E-state index in [1.165, 1.54) is 0 Å². The van der Waals surface area contributed by atoms with E-state index >= 15 is 0 Å². The molecule has 2 heterocycles. The Morgan fingerprint density at radius 2 is 1.92 bits per heavy atom. The van der Waals surface area contributed by atoms with Crippen LogP contribution in [0.3, 0.4) is 0 Å². The summed E-state index contributed by atoms with van der Waals surface area (Å²) in [6.07, 6.45) is 1.55. The second-order valence-corrected chi connectivity index (χ2v) is 5.98. The highest BCUT2D eigenvalue weighted by Crippen LogP contribution is 2.26. The van der Waals surface area contributed by atoms with Crippen LogP contribution in [0, 0.1) is 0 Å². The van der Waals surface area contributed by atoms with Gasteiger partial charge in [-0.2, -0.15) is 5.10 Å². The van der Waals surface area contributed by atoms with Crippen LogP contribution in [0.15, 0.2) is 54.7 Å². The predicted molar refractivity (Wildman–Crippen MR) is 104 cm³/mol. The third-order valence-electron chi connectivity index (χ3n) is 4.34. The number of fused-ring (bicyclic) bond motifs is 1. The normalized spacial score (nSPS) is 11.0. The molecule has 0 aliphatic carbocycles. The average Bonchev–Trinajstić information content (AvgIpc) is 3.27. The van der Waals surface area contributed by atoms with E-state index in [1.54, 1.807) is 36.1 Å². The number of nitrogens with zero attached hydrogens (tertiary/aromatic N) is 2. The molecular weight excluding hydrogens is 328 g/mol. The summed E-state index contributed by atoms with van der Waals surface area (Å²) < 4.78 is 1.63. The molecule has 2 aromatic carbocycles. The summed E-state index contributed by atoms with van der Waals surface area (Å²) in [5, 5.41) is 8.39. The monoisotopic (exact) mass is 346 g/mol. The number of aromatic amines is 1. The van der Waals surface area contributed by atoms with E-state index in [9.17, 15) is 4.79 Å². The minimum absolute atomic E-state index is 0.139. The van der Waals surface area contributed by atoms with E-state index in [2.05, 4.69) is 15.4 Å².